The Labute approximate surface area is 260 Å². The zero-order valence-corrected chi connectivity index (χ0v) is 26.9. The van der Waals surface area contributed by atoms with Crippen LogP contribution >= 0.6 is 11.6 Å². The fourth-order valence-corrected chi connectivity index (χ4v) is 12.3. The quantitative estimate of drug-likeness (QED) is 0.200. The largest absolute Gasteiger partial charge is 0.488 e. The molecule has 0 unspecified atom stereocenters. The summed E-state index contributed by atoms with van der Waals surface area (Å²) >= 11 is 6.18. The Hall–Kier alpha value is -2.68. The summed E-state index contributed by atoms with van der Waals surface area (Å²) in [6, 6.07) is 28.8. The summed E-state index contributed by atoms with van der Waals surface area (Å²) in [6.45, 7) is 8.17. The van der Waals surface area contributed by atoms with Crippen LogP contribution in [0.4, 0.5) is 0 Å². The van der Waals surface area contributed by atoms with E-state index in [-0.39, 0.29) is 41.7 Å². The molecule has 0 spiro atoms. The van der Waals surface area contributed by atoms with Gasteiger partial charge in [-0.25, -0.2) is 0 Å². The summed E-state index contributed by atoms with van der Waals surface area (Å²) in [7, 11) is -2.81. The number of hydrogen-bond acceptors (Lipinski definition) is 6. The van der Waals surface area contributed by atoms with Crippen molar-refractivity contribution in [2.24, 2.45) is 11.8 Å². The lowest BCUT2D eigenvalue weighted by Gasteiger charge is -2.46. The second-order valence-electron chi connectivity index (χ2n) is 13.0. The van der Waals surface area contributed by atoms with E-state index in [1.165, 1.54) is 10.4 Å². The summed E-state index contributed by atoms with van der Waals surface area (Å²) in [6.07, 6.45) is 2.28. The van der Waals surface area contributed by atoms with Crippen molar-refractivity contribution >= 4 is 36.3 Å². The van der Waals surface area contributed by atoms with Crippen LogP contribution in [0.25, 0.3) is 0 Å². The van der Waals surface area contributed by atoms with Crippen LogP contribution in [0.15, 0.2) is 84.9 Å². The third kappa shape index (κ3) is 6.15. The van der Waals surface area contributed by atoms with Gasteiger partial charge in [0.2, 0.25) is 5.79 Å². The maximum Gasteiger partial charge on any atom is 0.306 e. The molecule has 2 saturated heterocycles. The minimum Gasteiger partial charge on any atom is -0.488 e. The van der Waals surface area contributed by atoms with E-state index in [0.29, 0.717) is 43.2 Å². The number of halogens is 1. The van der Waals surface area contributed by atoms with Crippen molar-refractivity contribution in [3.8, 4) is 5.75 Å². The topological polar surface area (TPSA) is 63.2 Å². The maximum absolute atomic E-state index is 12.5. The highest BCUT2D eigenvalue weighted by Crippen LogP contribution is 2.49. The smallest absolute Gasteiger partial charge is 0.306 e. The zero-order valence-electron chi connectivity index (χ0n) is 25.2. The Morgan fingerprint density at radius 1 is 0.930 bits per heavy atom. The van der Waals surface area contributed by atoms with Gasteiger partial charge in [0, 0.05) is 23.8 Å². The predicted octanol–water partition coefficient (Wildman–Crippen LogP) is 6.14. The van der Waals surface area contributed by atoms with Gasteiger partial charge in [-0.15, -0.1) is 0 Å². The van der Waals surface area contributed by atoms with E-state index in [9.17, 15) is 4.79 Å². The highest BCUT2D eigenvalue weighted by atomic mass is 35.5. The summed E-state index contributed by atoms with van der Waals surface area (Å²) in [5, 5.41) is 2.95. The van der Waals surface area contributed by atoms with E-state index in [1.807, 2.05) is 18.2 Å². The van der Waals surface area contributed by atoms with Crippen molar-refractivity contribution in [1.82, 2.24) is 0 Å². The molecule has 3 aliphatic rings. The molecule has 43 heavy (non-hydrogen) atoms. The van der Waals surface area contributed by atoms with Gasteiger partial charge in [-0.05, 0) is 45.9 Å². The number of fused-ring (bicyclic) bond motifs is 1. The molecule has 0 amide bonds. The molecular formula is C35H41ClO6Si. The van der Waals surface area contributed by atoms with Crippen molar-refractivity contribution in [3.63, 3.8) is 0 Å². The minimum absolute atomic E-state index is 0.0818. The molecule has 0 bridgehead atoms. The molecule has 1 saturated carbocycles. The second-order valence-corrected chi connectivity index (χ2v) is 17.7. The van der Waals surface area contributed by atoms with Crippen LogP contribution in [-0.4, -0.2) is 52.1 Å². The average Bonchev–Trinajstić information content (AvgIpc) is 3.69. The van der Waals surface area contributed by atoms with Crippen molar-refractivity contribution in [1.29, 1.82) is 0 Å². The van der Waals surface area contributed by atoms with Crippen molar-refractivity contribution in [2.45, 2.75) is 69.5 Å². The Bertz CT molecular complexity index is 1350. The van der Waals surface area contributed by atoms with E-state index >= 15 is 0 Å². The normalized spacial score (nSPS) is 25.0. The lowest BCUT2D eigenvalue weighted by atomic mass is 9.87. The second kappa shape index (κ2) is 12.4. The fourth-order valence-electron chi connectivity index (χ4n) is 7.35. The monoisotopic (exact) mass is 620 g/mol. The molecule has 4 atom stereocenters. The minimum atomic E-state index is -2.81. The molecule has 2 heterocycles. The number of hydrogen-bond donors (Lipinski definition) is 0. The van der Waals surface area contributed by atoms with Crippen LogP contribution in [0.5, 0.6) is 5.75 Å². The van der Waals surface area contributed by atoms with Crippen LogP contribution in [0.1, 0.15) is 46.5 Å². The molecule has 6 rings (SSSR count). The molecule has 3 fully saturated rings. The number of esters is 1. The van der Waals surface area contributed by atoms with Gasteiger partial charge in [0.05, 0.1) is 25.7 Å². The first kappa shape index (κ1) is 30.3. The standard InChI is InChI=1S/C35H41ClO6Si/c1-34(2,3)43(27-13-6-4-7-14-27,28-15-8-5-9-16-28)42-32-23-31-30(22-33(37)41-31)29(32)17-18-35(39-19-20-40-35)24-38-26-12-10-11-25(36)21-26/h4-16,21,29-32H,17-20,22-24H2,1-3H3/t29-,30-,31+,32-/m1/s1. The van der Waals surface area contributed by atoms with Gasteiger partial charge < -0.3 is 23.4 Å². The van der Waals surface area contributed by atoms with Gasteiger partial charge in [0.25, 0.3) is 8.32 Å². The number of carbonyl (C=O) groups is 1. The summed E-state index contributed by atoms with van der Waals surface area (Å²) < 4.78 is 32.0. The molecule has 0 aromatic heterocycles. The molecule has 6 nitrogen and oxygen atoms in total. The van der Waals surface area contributed by atoms with Crippen LogP contribution < -0.4 is 15.1 Å². The first-order valence-corrected chi connectivity index (χ1v) is 17.6. The summed E-state index contributed by atoms with van der Waals surface area (Å²) in [5.41, 5.74) is 0. The zero-order chi connectivity index (χ0) is 30.1. The molecular weight excluding hydrogens is 580 g/mol. The fraction of sp³-hybridized carbons (Fsp3) is 0.457. The third-order valence-electron chi connectivity index (χ3n) is 9.33. The molecule has 3 aromatic rings. The van der Waals surface area contributed by atoms with Gasteiger partial charge in [0.1, 0.15) is 18.5 Å². The number of benzene rings is 3. The molecule has 2 aliphatic heterocycles. The third-order valence-corrected chi connectivity index (χ3v) is 14.6. The number of ether oxygens (including phenoxy) is 4. The SMILES string of the molecule is CC(C)(C)[Si](O[C@@H]1C[C@@H]2OC(=O)C[C@@H]2[C@H]1CCC1(COc2cccc(Cl)c2)OCCO1)(c1ccccc1)c1ccccc1. The van der Waals surface area contributed by atoms with Crippen molar-refractivity contribution in [2.75, 3.05) is 19.8 Å². The molecule has 3 aromatic carbocycles. The molecule has 1 aliphatic carbocycles. The van der Waals surface area contributed by atoms with Crippen LogP contribution in [0, 0.1) is 11.8 Å². The number of rotatable bonds is 10. The molecule has 8 heteroatoms. The highest BCUT2D eigenvalue weighted by Gasteiger charge is 2.57. The Kier molecular flexibility index (Phi) is 8.73. The molecule has 0 N–H and O–H groups in total. The van der Waals surface area contributed by atoms with E-state index < -0.39 is 14.1 Å². The Balaban J connectivity index is 1.30. The van der Waals surface area contributed by atoms with Crippen LogP contribution in [0.2, 0.25) is 10.1 Å². The van der Waals surface area contributed by atoms with Gasteiger partial charge in [-0.1, -0.05) is 99.1 Å². The predicted molar refractivity (Wildman–Crippen MR) is 169 cm³/mol. The van der Waals surface area contributed by atoms with Crippen molar-refractivity contribution < 1.29 is 28.2 Å². The average molecular weight is 621 g/mol. The number of carbonyl (C=O) groups excluding carboxylic acids is 1. The molecule has 0 radical (unpaired) electrons. The lowest BCUT2D eigenvalue weighted by molar-refractivity contribution is -0.184. The Morgan fingerprint density at radius 2 is 1.58 bits per heavy atom. The van der Waals surface area contributed by atoms with Crippen molar-refractivity contribution in [3.05, 3.63) is 90.0 Å². The first-order chi connectivity index (χ1) is 20.7. The Morgan fingerprint density at radius 3 is 2.19 bits per heavy atom. The maximum atomic E-state index is 12.5. The van der Waals surface area contributed by atoms with E-state index in [1.54, 1.807) is 6.07 Å². The highest BCUT2D eigenvalue weighted by molar-refractivity contribution is 6.99. The van der Waals surface area contributed by atoms with Crippen LogP contribution in [-0.2, 0) is 23.4 Å². The van der Waals surface area contributed by atoms with E-state index in [2.05, 4.69) is 81.4 Å². The van der Waals surface area contributed by atoms with Gasteiger partial charge in [0.15, 0.2) is 0 Å². The lowest BCUT2D eigenvalue weighted by Crippen LogP contribution is -2.68. The van der Waals surface area contributed by atoms with E-state index in [4.69, 9.17) is 35.0 Å². The van der Waals surface area contributed by atoms with Crippen LogP contribution in [0.3, 0.4) is 0 Å². The molecule has 228 valence electrons. The van der Waals surface area contributed by atoms with Gasteiger partial charge >= 0.3 is 5.97 Å². The van der Waals surface area contributed by atoms with E-state index in [0.717, 1.165) is 6.42 Å². The van der Waals surface area contributed by atoms with Gasteiger partial charge in [-0.2, -0.15) is 0 Å². The first-order valence-electron chi connectivity index (χ1n) is 15.3. The van der Waals surface area contributed by atoms with Gasteiger partial charge in [-0.3, -0.25) is 4.79 Å². The summed E-state index contributed by atoms with van der Waals surface area (Å²) in [4.78, 5) is 12.5. The summed E-state index contributed by atoms with van der Waals surface area (Å²) in [5.74, 6) is -0.103.